The second-order valence-electron chi connectivity index (χ2n) is 3.82. The number of nitrogen functional groups attached to an aromatic ring is 1. The number of anilines is 2. The largest absolute Gasteiger partial charge is 0.397 e. The summed E-state index contributed by atoms with van der Waals surface area (Å²) in [4.78, 5) is 14.8. The van der Waals surface area contributed by atoms with Gasteiger partial charge in [0, 0.05) is 30.4 Å². The van der Waals surface area contributed by atoms with Crippen molar-refractivity contribution >= 4 is 28.3 Å². The van der Waals surface area contributed by atoms with E-state index < -0.39 is 6.03 Å². The van der Waals surface area contributed by atoms with Gasteiger partial charge in [-0.3, -0.25) is 4.98 Å². The van der Waals surface area contributed by atoms with Crippen molar-refractivity contribution in [3.05, 3.63) is 30.5 Å². The van der Waals surface area contributed by atoms with E-state index in [1.165, 1.54) is 0 Å². The minimum atomic E-state index is -0.527. The Morgan fingerprint density at radius 1 is 1.28 bits per heavy atom. The van der Waals surface area contributed by atoms with Gasteiger partial charge in [-0.05, 0) is 12.1 Å². The van der Waals surface area contributed by atoms with E-state index in [9.17, 15) is 4.79 Å². The van der Waals surface area contributed by atoms with E-state index in [0.717, 1.165) is 16.6 Å². The van der Waals surface area contributed by atoms with E-state index in [-0.39, 0.29) is 0 Å². The number of hydrogen-bond acceptors (Lipinski definition) is 4. The fourth-order valence-corrected chi connectivity index (χ4v) is 1.74. The number of rotatable bonds is 4. The van der Waals surface area contributed by atoms with E-state index in [2.05, 4.69) is 15.6 Å². The Kier molecular flexibility index (Phi) is 3.47. The highest BCUT2D eigenvalue weighted by Gasteiger charge is 2.03. The van der Waals surface area contributed by atoms with Gasteiger partial charge in [0.2, 0.25) is 0 Å². The van der Waals surface area contributed by atoms with Crippen LogP contribution in [0, 0.1) is 0 Å². The molecule has 1 aromatic carbocycles. The maximum absolute atomic E-state index is 10.5. The van der Waals surface area contributed by atoms with Crippen LogP contribution in [0.15, 0.2) is 30.5 Å². The smallest absolute Gasteiger partial charge is 0.312 e. The van der Waals surface area contributed by atoms with Gasteiger partial charge in [-0.1, -0.05) is 12.1 Å². The van der Waals surface area contributed by atoms with Crippen LogP contribution in [0.4, 0.5) is 16.2 Å². The van der Waals surface area contributed by atoms with Crippen LogP contribution in [-0.2, 0) is 0 Å². The third-order valence-electron chi connectivity index (χ3n) is 2.54. The zero-order chi connectivity index (χ0) is 13.0. The summed E-state index contributed by atoms with van der Waals surface area (Å²) in [6.07, 6.45) is 1.70. The summed E-state index contributed by atoms with van der Waals surface area (Å²) in [7, 11) is 0. The first-order valence-electron chi connectivity index (χ1n) is 5.59. The van der Waals surface area contributed by atoms with Crippen molar-refractivity contribution in [3.63, 3.8) is 0 Å². The van der Waals surface area contributed by atoms with Gasteiger partial charge < -0.3 is 22.1 Å². The van der Waals surface area contributed by atoms with E-state index in [1.54, 1.807) is 6.20 Å². The molecule has 1 aromatic heterocycles. The number of para-hydroxylation sites is 1. The van der Waals surface area contributed by atoms with E-state index in [0.29, 0.717) is 18.8 Å². The van der Waals surface area contributed by atoms with Crippen LogP contribution in [0.3, 0.4) is 0 Å². The first-order valence-corrected chi connectivity index (χ1v) is 5.59. The van der Waals surface area contributed by atoms with E-state index in [1.807, 2.05) is 24.3 Å². The quantitative estimate of drug-likeness (QED) is 0.474. The fraction of sp³-hybridized carbons (Fsp3) is 0.167. The van der Waals surface area contributed by atoms with E-state index in [4.69, 9.17) is 11.5 Å². The Hall–Kier alpha value is -2.50. The first kappa shape index (κ1) is 12.0. The second kappa shape index (κ2) is 5.22. The number of benzene rings is 1. The molecule has 0 bridgehead atoms. The molecule has 6 nitrogen and oxygen atoms in total. The van der Waals surface area contributed by atoms with Crippen LogP contribution in [0.5, 0.6) is 0 Å². The molecule has 18 heavy (non-hydrogen) atoms. The summed E-state index contributed by atoms with van der Waals surface area (Å²) in [6.45, 7) is 1.04. The number of carbonyl (C=O) groups excluding carboxylic acids is 1. The van der Waals surface area contributed by atoms with Crippen molar-refractivity contribution in [2.75, 3.05) is 24.1 Å². The number of carbonyl (C=O) groups is 1. The minimum absolute atomic E-state index is 0.460. The second-order valence-corrected chi connectivity index (χ2v) is 3.82. The molecule has 0 aliphatic heterocycles. The topological polar surface area (TPSA) is 106 Å². The van der Waals surface area contributed by atoms with Gasteiger partial charge in [0.05, 0.1) is 11.2 Å². The molecule has 0 aliphatic carbocycles. The molecule has 2 rings (SSSR count). The molecule has 94 valence electrons. The monoisotopic (exact) mass is 245 g/mol. The van der Waals surface area contributed by atoms with E-state index >= 15 is 0 Å². The van der Waals surface area contributed by atoms with Crippen molar-refractivity contribution in [2.45, 2.75) is 0 Å². The van der Waals surface area contributed by atoms with Crippen LogP contribution in [0.25, 0.3) is 10.9 Å². The number of amides is 2. The van der Waals surface area contributed by atoms with Crippen molar-refractivity contribution < 1.29 is 4.79 Å². The van der Waals surface area contributed by atoms with Gasteiger partial charge in [-0.25, -0.2) is 4.79 Å². The van der Waals surface area contributed by atoms with Crippen molar-refractivity contribution in [1.29, 1.82) is 0 Å². The summed E-state index contributed by atoms with van der Waals surface area (Å²) in [6, 6.07) is 6.98. The summed E-state index contributed by atoms with van der Waals surface area (Å²) >= 11 is 0. The normalized spacial score (nSPS) is 10.2. The highest BCUT2D eigenvalue weighted by atomic mass is 16.2. The minimum Gasteiger partial charge on any atom is -0.397 e. The SMILES string of the molecule is NC(=O)NCCNc1ccnc2c(N)cccc12. The molecule has 2 aromatic rings. The third kappa shape index (κ3) is 2.60. The van der Waals surface area contributed by atoms with Crippen LogP contribution < -0.4 is 22.1 Å². The molecular formula is C12H15N5O. The first-order chi connectivity index (χ1) is 8.68. The lowest BCUT2D eigenvalue weighted by atomic mass is 10.1. The third-order valence-corrected chi connectivity index (χ3v) is 2.54. The summed E-state index contributed by atoms with van der Waals surface area (Å²) in [5.74, 6) is 0. The summed E-state index contributed by atoms with van der Waals surface area (Å²) in [5, 5.41) is 6.67. The van der Waals surface area contributed by atoms with Gasteiger partial charge in [0.1, 0.15) is 0 Å². The van der Waals surface area contributed by atoms with Crippen LogP contribution in [0.2, 0.25) is 0 Å². The molecule has 6 heteroatoms. The number of urea groups is 1. The lowest BCUT2D eigenvalue weighted by molar-refractivity contribution is 0.249. The number of pyridine rings is 1. The Morgan fingerprint density at radius 3 is 2.89 bits per heavy atom. The Labute approximate surface area is 104 Å². The predicted molar refractivity (Wildman–Crippen MR) is 72.2 cm³/mol. The molecule has 0 saturated heterocycles. The fourth-order valence-electron chi connectivity index (χ4n) is 1.74. The molecule has 0 saturated carbocycles. The molecule has 0 radical (unpaired) electrons. The van der Waals surface area contributed by atoms with Gasteiger partial charge in [0.25, 0.3) is 0 Å². The maximum atomic E-state index is 10.5. The van der Waals surface area contributed by atoms with Crippen LogP contribution in [-0.4, -0.2) is 24.1 Å². The van der Waals surface area contributed by atoms with Crippen molar-refractivity contribution in [2.24, 2.45) is 5.73 Å². The molecule has 0 unspecified atom stereocenters. The summed E-state index contributed by atoms with van der Waals surface area (Å²) in [5.41, 5.74) is 13.2. The average Bonchev–Trinajstić information content (AvgIpc) is 2.35. The van der Waals surface area contributed by atoms with Crippen molar-refractivity contribution in [3.8, 4) is 0 Å². The van der Waals surface area contributed by atoms with Gasteiger partial charge in [-0.2, -0.15) is 0 Å². The molecule has 0 aliphatic rings. The van der Waals surface area contributed by atoms with Gasteiger partial charge in [-0.15, -0.1) is 0 Å². The maximum Gasteiger partial charge on any atom is 0.312 e. The molecule has 0 spiro atoms. The highest BCUT2D eigenvalue weighted by Crippen LogP contribution is 2.24. The Bertz CT molecular complexity index is 569. The lowest BCUT2D eigenvalue weighted by Gasteiger charge is -2.10. The zero-order valence-corrected chi connectivity index (χ0v) is 9.81. The number of nitrogens with one attached hydrogen (secondary N) is 2. The summed E-state index contributed by atoms with van der Waals surface area (Å²) < 4.78 is 0. The predicted octanol–water partition coefficient (Wildman–Crippen LogP) is 0.897. The lowest BCUT2D eigenvalue weighted by Crippen LogP contribution is -2.33. The molecule has 0 fully saturated rings. The molecule has 0 atom stereocenters. The Morgan fingerprint density at radius 2 is 2.11 bits per heavy atom. The zero-order valence-electron chi connectivity index (χ0n) is 9.81. The molecule has 2 amide bonds. The molecular weight excluding hydrogens is 230 g/mol. The number of aromatic nitrogens is 1. The number of primary amides is 1. The van der Waals surface area contributed by atoms with Crippen LogP contribution in [0.1, 0.15) is 0 Å². The highest BCUT2D eigenvalue weighted by molar-refractivity contribution is 5.97. The molecule has 1 heterocycles. The number of nitrogens with two attached hydrogens (primary N) is 2. The molecule has 6 N–H and O–H groups in total. The Balaban J connectivity index is 2.13. The van der Waals surface area contributed by atoms with Crippen molar-refractivity contribution in [1.82, 2.24) is 10.3 Å². The van der Waals surface area contributed by atoms with Crippen LogP contribution >= 0.6 is 0 Å². The van der Waals surface area contributed by atoms with Gasteiger partial charge >= 0.3 is 6.03 Å². The average molecular weight is 245 g/mol. The number of hydrogen-bond donors (Lipinski definition) is 4. The number of fused-ring (bicyclic) bond motifs is 1. The van der Waals surface area contributed by atoms with Gasteiger partial charge in [0.15, 0.2) is 0 Å². The standard InChI is InChI=1S/C12H15N5O/c13-9-3-1-2-8-10(4-5-16-11(8)9)15-6-7-17-12(14)18/h1-5H,6-7,13H2,(H,15,16)(H3,14,17,18). The number of nitrogens with zero attached hydrogens (tertiary/aromatic N) is 1.